The van der Waals surface area contributed by atoms with Gasteiger partial charge in [0, 0.05) is 17.1 Å². The minimum Gasteiger partial charge on any atom is -0.497 e. The van der Waals surface area contributed by atoms with Crippen molar-refractivity contribution in [3.63, 3.8) is 0 Å². The van der Waals surface area contributed by atoms with Crippen LogP contribution in [0, 0.1) is 0 Å². The second kappa shape index (κ2) is 9.49. The molecule has 1 fully saturated rings. The fraction of sp³-hybridized carbons (Fsp3) is 0.286. The Morgan fingerprint density at radius 1 is 1.13 bits per heavy atom. The van der Waals surface area contributed by atoms with E-state index in [-0.39, 0.29) is 11.8 Å². The van der Waals surface area contributed by atoms with Crippen molar-refractivity contribution < 1.29 is 14.3 Å². The maximum Gasteiger partial charge on any atom is 0.260 e. The van der Waals surface area contributed by atoms with Gasteiger partial charge in [0.2, 0.25) is 11.1 Å². The van der Waals surface area contributed by atoms with Crippen LogP contribution in [0.1, 0.15) is 29.6 Å². The van der Waals surface area contributed by atoms with Crippen molar-refractivity contribution in [2.75, 3.05) is 13.7 Å². The molecule has 0 bridgehead atoms. The average Bonchev–Trinajstić information content (AvgIpc) is 3.18. The van der Waals surface area contributed by atoms with Crippen molar-refractivity contribution in [3.05, 3.63) is 59.1 Å². The Morgan fingerprint density at radius 3 is 2.58 bits per heavy atom. The van der Waals surface area contributed by atoms with E-state index in [4.69, 9.17) is 16.3 Å². The molecule has 1 atom stereocenters. The van der Waals surface area contributed by atoms with E-state index >= 15 is 0 Å². The number of methoxy groups -OCH3 is 1. The lowest BCUT2D eigenvalue weighted by molar-refractivity contribution is -0.127. The van der Waals surface area contributed by atoms with Crippen LogP contribution in [-0.4, -0.2) is 55.8 Å². The lowest BCUT2D eigenvalue weighted by Crippen LogP contribution is -2.41. The van der Waals surface area contributed by atoms with Gasteiger partial charge in [-0.3, -0.25) is 14.5 Å². The standard InChI is InChI=1S/C21H20ClN5O3S/c1-30-17-11-9-16(10-12-17)27-21(23-24-25-27)31-18-4-2-3-13-26(20(18)29)19(28)14-5-7-15(22)8-6-14/h5-12,18H,2-4,13H2,1H3. The molecule has 160 valence electrons. The third-order valence-electron chi connectivity index (χ3n) is 4.98. The number of halogens is 1. The van der Waals surface area contributed by atoms with Crippen LogP contribution in [0.5, 0.6) is 5.75 Å². The number of tetrazole rings is 1. The third kappa shape index (κ3) is 4.72. The summed E-state index contributed by atoms with van der Waals surface area (Å²) >= 11 is 7.19. The maximum absolute atomic E-state index is 13.2. The second-order valence-corrected chi connectivity index (χ2v) is 8.58. The topological polar surface area (TPSA) is 90.2 Å². The molecule has 1 aliphatic heterocycles. The summed E-state index contributed by atoms with van der Waals surface area (Å²) in [7, 11) is 1.60. The predicted molar refractivity (Wildman–Crippen MR) is 117 cm³/mol. The van der Waals surface area contributed by atoms with E-state index in [1.165, 1.54) is 16.7 Å². The molecule has 2 heterocycles. The minimum absolute atomic E-state index is 0.230. The molecule has 0 radical (unpaired) electrons. The SMILES string of the molecule is COc1ccc(-n2nnnc2SC2CCCCN(C(=O)c3ccc(Cl)cc3)C2=O)cc1. The van der Waals surface area contributed by atoms with E-state index in [9.17, 15) is 9.59 Å². The zero-order valence-corrected chi connectivity index (χ0v) is 18.3. The molecule has 0 N–H and O–H groups in total. The summed E-state index contributed by atoms with van der Waals surface area (Å²) in [6.45, 7) is 0.390. The first-order chi connectivity index (χ1) is 15.1. The zero-order chi connectivity index (χ0) is 21.8. The molecular formula is C21H20ClN5O3S. The van der Waals surface area contributed by atoms with Gasteiger partial charge < -0.3 is 4.74 Å². The number of hydrogen-bond donors (Lipinski definition) is 0. The number of benzene rings is 2. The number of ether oxygens (including phenoxy) is 1. The van der Waals surface area contributed by atoms with Crippen molar-refractivity contribution in [3.8, 4) is 11.4 Å². The highest BCUT2D eigenvalue weighted by Crippen LogP contribution is 2.30. The molecule has 31 heavy (non-hydrogen) atoms. The number of hydrogen-bond acceptors (Lipinski definition) is 7. The molecule has 1 saturated heterocycles. The van der Waals surface area contributed by atoms with Crippen molar-refractivity contribution in [2.24, 2.45) is 0 Å². The summed E-state index contributed by atoms with van der Waals surface area (Å²) < 4.78 is 6.76. The lowest BCUT2D eigenvalue weighted by Gasteiger charge is -2.22. The van der Waals surface area contributed by atoms with E-state index in [0.717, 1.165) is 24.3 Å². The number of carbonyl (C=O) groups excluding carboxylic acids is 2. The Labute approximate surface area is 188 Å². The average molecular weight is 458 g/mol. The Balaban J connectivity index is 1.54. The van der Waals surface area contributed by atoms with Gasteiger partial charge in [-0.25, -0.2) is 0 Å². The summed E-state index contributed by atoms with van der Waals surface area (Å²) in [4.78, 5) is 27.5. The molecule has 2 aromatic carbocycles. The molecule has 10 heteroatoms. The van der Waals surface area contributed by atoms with Gasteiger partial charge in [-0.2, -0.15) is 4.68 Å². The largest absolute Gasteiger partial charge is 0.497 e. The number of thioether (sulfide) groups is 1. The summed E-state index contributed by atoms with van der Waals surface area (Å²) in [6, 6.07) is 13.9. The Hall–Kier alpha value is -2.91. The first kappa shape index (κ1) is 21.3. The molecule has 8 nitrogen and oxygen atoms in total. The molecule has 1 aromatic heterocycles. The van der Waals surface area contributed by atoms with Crippen molar-refractivity contribution in [1.82, 2.24) is 25.1 Å². The Kier molecular flexibility index (Phi) is 6.53. The van der Waals surface area contributed by atoms with Gasteiger partial charge >= 0.3 is 0 Å². The van der Waals surface area contributed by atoms with Gasteiger partial charge in [-0.1, -0.05) is 29.8 Å². The Bertz CT molecular complexity index is 1070. The maximum atomic E-state index is 13.2. The van der Waals surface area contributed by atoms with Crippen LogP contribution in [0.4, 0.5) is 0 Å². The van der Waals surface area contributed by atoms with Crippen LogP contribution in [0.3, 0.4) is 0 Å². The number of likely N-dealkylation sites (tertiary alicyclic amines) is 1. The van der Waals surface area contributed by atoms with E-state index in [1.807, 2.05) is 24.3 Å². The van der Waals surface area contributed by atoms with E-state index in [2.05, 4.69) is 15.5 Å². The van der Waals surface area contributed by atoms with Gasteiger partial charge in [0.25, 0.3) is 5.91 Å². The number of carbonyl (C=O) groups is 2. The highest BCUT2D eigenvalue weighted by atomic mass is 35.5. The monoisotopic (exact) mass is 457 g/mol. The second-order valence-electron chi connectivity index (χ2n) is 6.98. The molecule has 4 rings (SSSR count). The summed E-state index contributed by atoms with van der Waals surface area (Å²) in [5.74, 6) is 0.178. The predicted octanol–water partition coefficient (Wildman–Crippen LogP) is 3.64. The van der Waals surface area contributed by atoms with Gasteiger partial charge in [0.1, 0.15) is 5.75 Å². The molecule has 1 unspecified atom stereocenters. The molecule has 0 saturated carbocycles. The van der Waals surface area contributed by atoms with E-state index < -0.39 is 5.25 Å². The smallest absolute Gasteiger partial charge is 0.260 e. The van der Waals surface area contributed by atoms with Gasteiger partial charge in [-0.15, -0.1) is 5.10 Å². The molecule has 2 amide bonds. The quantitative estimate of drug-likeness (QED) is 0.540. The lowest BCUT2D eigenvalue weighted by atomic mass is 10.2. The summed E-state index contributed by atoms with van der Waals surface area (Å²) in [5.41, 5.74) is 1.19. The van der Waals surface area contributed by atoms with Crippen LogP contribution in [0.15, 0.2) is 53.7 Å². The fourth-order valence-corrected chi connectivity index (χ4v) is 4.55. The van der Waals surface area contributed by atoms with E-state index in [1.54, 1.807) is 36.1 Å². The number of rotatable bonds is 5. The normalized spacial score (nSPS) is 16.8. The van der Waals surface area contributed by atoms with Crippen molar-refractivity contribution in [1.29, 1.82) is 0 Å². The molecular weight excluding hydrogens is 438 g/mol. The van der Waals surface area contributed by atoms with Crippen molar-refractivity contribution >= 4 is 35.2 Å². The summed E-state index contributed by atoms with van der Waals surface area (Å²) in [6.07, 6.45) is 2.23. The third-order valence-corrected chi connectivity index (χ3v) is 6.42. The molecule has 1 aliphatic rings. The molecule has 0 aliphatic carbocycles. The van der Waals surface area contributed by atoms with Crippen LogP contribution in [-0.2, 0) is 4.79 Å². The number of imide groups is 1. The van der Waals surface area contributed by atoms with Crippen LogP contribution in [0.2, 0.25) is 5.02 Å². The first-order valence-electron chi connectivity index (χ1n) is 9.77. The highest BCUT2D eigenvalue weighted by Gasteiger charge is 2.33. The highest BCUT2D eigenvalue weighted by molar-refractivity contribution is 8.00. The van der Waals surface area contributed by atoms with Crippen LogP contribution < -0.4 is 4.74 Å². The number of aromatic nitrogens is 4. The summed E-state index contributed by atoms with van der Waals surface area (Å²) in [5, 5.41) is 12.5. The minimum atomic E-state index is -0.457. The van der Waals surface area contributed by atoms with Crippen molar-refractivity contribution in [2.45, 2.75) is 29.7 Å². The fourth-order valence-electron chi connectivity index (χ4n) is 3.33. The van der Waals surface area contributed by atoms with Gasteiger partial charge in [0.05, 0.1) is 18.0 Å². The molecule has 0 spiro atoms. The van der Waals surface area contributed by atoms with Gasteiger partial charge in [-0.05, 0) is 71.8 Å². The van der Waals surface area contributed by atoms with E-state index in [0.29, 0.717) is 28.7 Å². The number of amides is 2. The first-order valence-corrected chi connectivity index (χ1v) is 11.0. The van der Waals surface area contributed by atoms with Crippen LogP contribution in [0.25, 0.3) is 5.69 Å². The van der Waals surface area contributed by atoms with Gasteiger partial charge in [0.15, 0.2) is 0 Å². The Morgan fingerprint density at radius 2 is 1.87 bits per heavy atom. The van der Waals surface area contributed by atoms with Crippen LogP contribution >= 0.6 is 23.4 Å². The number of nitrogens with zero attached hydrogens (tertiary/aromatic N) is 5. The molecule has 3 aromatic rings. The zero-order valence-electron chi connectivity index (χ0n) is 16.8.